The highest BCUT2D eigenvalue weighted by molar-refractivity contribution is 6.06. The monoisotopic (exact) mass is 313 g/mol. The number of likely N-dealkylation sites (tertiary alicyclic amines) is 1. The molecule has 1 aromatic heterocycles. The van der Waals surface area contributed by atoms with Crippen molar-refractivity contribution >= 4 is 11.8 Å². The molecule has 3 fully saturated rings. The van der Waals surface area contributed by atoms with Gasteiger partial charge in [0.15, 0.2) is 0 Å². The fourth-order valence-corrected chi connectivity index (χ4v) is 5.08. The lowest BCUT2D eigenvalue weighted by molar-refractivity contribution is -0.141. The summed E-state index contributed by atoms with van der Waals surface area (Å²) >= 11 is 0. The molecule has 2 bridgehead atoms. The number of rotatable bonds is 2. The van der Waals surface area contributed by atoms with E-state index in [9.17, 15) is 9.59 Å². The van der Waals surface area contributed by atoms with Crippen LogP contribution in [0.15, 0.2) is 17.3 Å². The Balaban J connectivity index is 1.66. The maximum absolute atomic E-state index is 12.9. The first-order valence-electron chi connectivity index (χ1n) is 8.41. The number of carbonyl (C=O) groups excluding carboxylic acids is 2. The lowest BCUT2D eigenvalue weighted by Gasteiger charge is -2.19. The molecule has 0 radical (unpaired) electrons. The van der Waals surface area contributed by atoms with E-state index in [2.05, 4.69) is 18.9 Å². The normalized spacial score (nSPS) is 32.2. The fourth-order valence-electron chi connectivity index (χ4n) is 5.08. The fraction of sp³-hybridized carbons (Fsp3) is 0.611. The Kier molecular flexibility index (Phi) is 3.06. The highest BCUT2D eigenvalue weighted by Gasteiger charge is 2.63. The Morgan fingerprint density at radius 1 is 1.17 bits per heavy atom. The summed E-state index contributed by atoms with van der Waals surface area (Å²) in [5.74, 6) is 0.451. The summed E-state index contributed by atoms with van der Waals surface area (Å²) in [6.07, 6.45) is 3.89. The van der Waals surface area contributed by atoms with E-state index in [4.69, 9.17) is 0 Å². The van der Waals surface area contributed by atoms with E-state index in [1.54, 1.807) is 10.9 Å². The SMILES string of the molecule is CC(C)=C1[C@H]2CC[C@H]1[C@H]1C(=O)N(Cc3cnn(C)c3C)C(=O)[C@H]12. The summed E-state index contributed by atoms with van der Waals surface area (Å²) in [6, 6.07) is 0. The predicted octanol–water partition coefficient (Wildman–Crippen LogP) is 2.21. The van der Waals surface area contributed by atoms with Gasteiger partial charge >= 0.3 is 0 Å². The minimum absolute atomic E-state index is 0.0363. The van der Waals surface area contributed by atoms with Gasteiger partial charge in [-0.05, 0) is 45.4 Å². The summed E-state index contributed by atoms with van der Waals surface area (Å²) in [4.78, 5) is 27.4. The van der Waals surface area contributed by atoms with Crippen LogP contribution in [0.4, 0.5) is 0 Å². The Morgan fingerprint density at radius 3 is 2.17 bits per heavy atom. The molecule has 0 N–H and O–H groups in total. The van der Waals surface area contributed by atoms with Crippen molar-refractivity contribution in [1.29, 1.82) is 0 Å². The van der Waals surface area contributed by atoms with Crippen LogP contribution in [-0.4, -0.2) is 26.5 Å². The van der Waals surface area contributed by atoms with Gasteiger partial charge in [0.05, 0.1) is 24.6 Å². The molecule has 2 heterocycles. The van der Waals surface area contributed by atoms with Gasteiger partial charge < -0.3 is 0 Å². The number of allylic oxidation sites excluding steroid dienone is 2. The Bertz CT molecular complexity index is 709. The molecule has 2 amide bonds. The molecular formula is C18H23N3O2. The number of imide groups is 1. The highest BCUT2D eigenvalue weighted by atomic mass is 16.2. The van der Waals surface area contributed by atoms with Crippen LogP contribution < -0.4 is 0 Å². The molecule has 4 atom stereocenters. The Morgan fingerprint density at radius 2 is 1.74 bits per heavy atom. The molecule has 0 aromatic carbocycles. The quantitative estimate of drug-likeness (QED) is 0.621. The van der Waals surface area contributed by atoms with Gasteiger partial charge in [-0.25, -0.2) is 0 Å². The zero-order valence-electron chi connectivity index (χ0n) is 14.2. The van der Waals surface area contributed by atoms with Crippen molar-refractivity contribution in [3.05, 3.63) is 28.6 Å². The van der Waals surface area contributed by atoms with Gasteiger partial charge in [0, 0.05) is 18.3 Å². The number of fused-ring (bicyclic) bond motifs is 5. The number of nitrogens with zero attached hydrogens (tertiary/aromatic N) is 3. The molecule has 122 valence electrons. The van der Waals surface area contributed by atoms with E-state index >= 15 is 0 Å². The van der Waals surface area contributed by atoms with E-state index in [1.807, 2.05) is 14.0 Å². The summed E-state index contributed by atoms with van der Waals surface area (Å²) in [6.45, 7) is 6.58. The van der Waals surface area contributed by atoms with Gasteiger partial charge in [-0.3, -0.25) is 19.2 Å². The van der Waals surface area contributed by atoms with E-state index in [0.717, 1.165) is 24.1 Å². The number of amides is 2. The molecule has 4 rings (SSSR count). The van der Waals surface area contributed by atoms with Gasteiger partial charge in [0.1, 0.15) is 0 Å². The predicted molar refractivity (Wildman–Crippen MR) is 85.1 cm³/mol. The van der Waals surface area contributed by atoms with Crippen LogP contribution in [-0.2, 0) is 23.2 Å². The molecule has 1 saturated heterocycles. The third-order valence-electron chi connectivity index (χ3n) is 6.19. The Hall–Kier alpha value is -1.91. The van der Waals surface area contributed by atoms with Gasteiger partial charge in [0.2, 0.25) is 11.8 Å². The molecule has 5 nitrogen and oxygen atoms in total. The van der Waals surface area contributed by atoms with Crippen molar-refractivity contribution < 1.29 is 9.59 Å². The number of hydrogen-bond acceptors (Lipinski definition) is 3. The first-order valence-corrected chi connectivity index (χ1v) is 8.41. The number of carbonyl (C=O) groups is 2. The molecule has 1 aromatic rings. The van der Waals surface area contributed by atoms with Crippen molar-refractivity contribution in [2.75, 3.05) is 0 Å². The van der Waals surface area contributed by atoms with Crippen LogP contribution in [0.25, 0.3) is 0 Å². The van der Waals surface area contributed by atoms with Crippen LogP contribution in [0.5, 0.6) is 0 Å². The average Bonchev–Trinajstić information content (AvgIpc) is 3.21. The van der Waals surface area contributed by atoms with Gasteiger partial charge in [-0.2, -0.15) is 5.10 Å². The number of aromatic nitrogens is 2. The molecule has 2 saturated carbocycles. The molecule has 2 aliphatic carbocycles. The number of hydrogen-bond donors (Lipinski definition) is 0. The molecular weight excluding hydrogens is 290 g/mol. The van der Waals surface area contributed by atoms with Crippen LogP contribution in [0.1, 0.15) is 37.9 Å². The standard InChI is InChI=1S/C18H23N3O2/c1-9(2)14-12-5-6-13(14)16-15(12)17(22)21(18(16)23)8-11-7-19-20(4)10(11)3/h7,12-13,15-16H,5-6,8H2,1-4H3/t12-,13-,15-,16+/m1/s1. The zero-order valence-corrected chi connectivity index (χ0v) is 14.2. The Labute approximate surface area is 136 Å². The lowest BCUT2D eigenvalue weighted by atomic mass is 9.81. The third kappa shape index (κ3) is 1.82. The molecule has 5 heteroatoms. The second-order valence-electron chi connectivity index (χ2n) is 7.44. The topological polar surface area (TPSA) is 55.2 Å². The van der Waals surface area contributed by atoms with Crippen LogP contribution in [0.3, 0.4) is 0 Å². The first-order chi connectivity index (χ1) is 10.9. The van der Waals surface area contributed by atoms with Crippen molar-refractivity contribution in [1.82, 2.24) is 14.7 Å². The minimum Gasteiger partial charge on any atom is -0.277 e. The summed E-state index contributed by atoms with van der Waals surface area (Å²) in [5.41, 5.74) is 4.68. The van der Waals surface area contributed by atoms with Crippen molar-refractivity contribution in [2.45, 2.75) is 40.2 Å². The van der Waals surface area contributed by atoms with Gasteiger partial charge in [-0.1, -0.05) is 11.1 Å². The summed E-state index contributed by atoms with van der Waals surface area (Å²) in [5, 5.41) is 4.22. The molecule has 23 heavy (non-hydrogen) atoms. The second-order valence-corrected chi connectivity index (χ2v) is 7.44. The minimum atomic E-state index is -0.108. The zero-order chi connectivity index (χ0) is 16.5. The van der Waals surface area contributed by atoms with Crippen LogP contribution >= 0.6 is 0 Å². The van der Waals surface area contributed by atoms with Gasteiger partial charge in [-0.15, -0.1) is 0 Å². The average molecular weight is 313 g/mol. The lowest BCUT2D eigenvalue weighted by Crippen LogP contribution is -2.32. The van der Waals surface area contributed by atoms with E-state index in [-0.39, 0.29) is 23.7 Å². The van der Waals surface area contributed by atoms with Crippen LogP contribution in [0, 0.1) is 30.6 Å². The van der Waals surface area contributed by atoms with E-state index < -0.39 is 0 Å². The summed E-state index contributed by atoms with van der Waals surface area (Å²) in [7, 11) is 1.88. The van der Waals surface area contributed by atoms with Crippen molar-refractivity contribution in [3.8, 4) is 0 Å². The van der Waals surface area contributed by atoms with E-state index in [1.165, 1.54) is 16.0 Å². The largest absolute Gasteiger partial charge is 0.277 e. The smallest absolute Gasteiger partial charge is 0.234 e. The third-order valence-corrected chi connectivity index (χ3v) is 6.19. The summed E-state index contributed by atoms with van der Waals surface area (Å²) < 4.78 is 1.78. The van der Waals surface area contributed by atoms with Crippen LogP contribution in [0.2, 0.25) is 0 Å². The number of aryl methyl sites for hydroxylation is 1. The first kappa shape index (κ1) is 14.7. The van der Waals surface area contributed by atoms with Crippen molar-refractivity contribution in [3.63, 3.8) is 0 Å². The highest BCUT2D eigenvalue weighted by Crippen LogP contribution is 2.60. The maximum atomic E-state index is 12.9. The molecule has 3 aliphatic rings. The maximum Gasteiger partial charge on any atom is 0.234 e. The molecule has 1 aliphatic heterocycles. The molecule has 0 spiro atoms. The van der Waals surface area contributed by atoms with Gasteiger partial charge in [0.25, 0.3) is 0 Å². The van der Waals surface area contributed by atoms with Crippen molar-refractivity contribution in [2.24, 2.45) is 30.7 Å². The van der Waals surface area contributed by atoms with E-state index in [0.29, 0.717) is 18.4 Å². The second kappa shape index (κ2) is 4.79. The molecule has 0 unspecified atom stereocenters.